The van der Waals surface area contributed by atoms with Gasteiger partial charge in [-0.1, -0.05) is 71.4 Å². The molecular weight excluding hydrogens is 385 g/mol. The summed E-state index contributed by atoms with van der Waals surface area (Å²) < 4.78 is 5.90. The second kappa shape index (κ2) is 9.48. The Morgan fingerprint density at radius 2 is 1.58 bits per heavy atom. The number of para-hydroxylation sites is 1. The molecule has 0 aromatic heterocycles. The SMILES string of the molecule is Clc1ccc(Cl)c(OC(C=CSc2ccccc2)=Nc2ccccc2)c1. The maximum Gasteiger partial charge on any atom is 0.220 e. The van der Waals surface area contributed by atoms with Crippen molar-refractivity contribution in [2.24, 2.45) is 4.99 Å². The fourth-order valence-electron chi connectivity index (χ4n) is 2.06. The van der Waals surface area contributed by atoms with Gasteiger partial charge in [0.2, 0.25) is 5.90 Å². The maximum atomic E-state index is 6.21. The molecule has 0 N–H and O–H groups in total. The Kier molecular flexibility index (Phi) is 6.78. The summed E-state index contributed by atoms with van der Waals surface area (Å²) in [6.07, 6.45) is 1.81. The molecule has 0 fully saturated rings. The summed E-state index contributed by atoms with van der Waals surface area (Å²) in [6, 6.07) is 24.7. The number of benzene rings is 3. The zero-order valence-corrected chi connectivity index (χ0v) is 16.0. The zero-order valence-electron chi connectivity index (χ0n) is 13.7. The highest BCUT2D eigenvalue weighted by molar-refractivity contribution is 8.02. The Morgan fingerprint density at radius 1 is 0.885 bits per heavy atom. The first-order valence-corrected chi connectivity index (χ1v) is 9.49. The van der Waals surface area contributed by atoms with Gasteiger partial charge in [0.25, 0.3) is 0 Å². The molecule has 0 aliphatic rings. The van der Waals surface area contributed by atoms with Crippen LogP contribution in [-0.2, 0) is 0 Å². The van der Waals surface area contributed by atoms with Gasteiger partial charge in [-0.15, -0.1) is 0 Å². The van der Waals surface area contributed by atoms with Crippen molar-refractivity contribution < 1.29 is 4.74 Å². The van der Waals surface area contributed by atoms with Crippen LogP contribution in [0.4, 0.5) is 5.69 Å². The van der Waals surface area contributed by atoms with Crippen LogP contribution in [0, 0.1) is 0 Å². The van der Waals surface area contributed by atoms with E-state index in [0.29, 0.717) is 21.7 Å². The average molecular weight is 400 g/mol. The largest absolute Gasteiger partial charge is 0.437 e. The lowest BCUT2D eigenvalue weighted by molar-refractivity contribution is 0.556. The third kappa shape index (κ3) is 5.67. The van der Waals surface area contributed by atoms with Gasteiger partial charge in [-0.25, -0.2) is 4.99 Å². The maximum absolute atomic E-state index is 6.21. The second-order valence-electron chi connectivity index (χ2n) is 5.20. The number of hydrogen-bond donors (Lipinski definition) is 0. The molecule has 3 aromatic rings. The highest BCUT2D eigenvalue weighted by Crippen LogP contribution is 2.28. The molecule has 26 heavy (non-hydrogen) atoms. The van der Waals surface area contributed by atoms with Crippen LogP contribution < -0.4 is 4.74 Å². The standard InChI is InChI=1S/C21H15Cl2NOS/c22-16-11-12-19(23)20(15-16)25-21(24-17-7-3-1-4-8-17)13-14-26-18-9-5-2-6-10-18/h1-15H. The van der Waals surface area contributed by atoms with Crippen LogP contribution in [0.1, 0.15) is 0 Å². The Balaban J connectivity index is 1.84. The molecule has 0 aliphatic carbocycles. The highest BCUT2D eigenvalue weighted by atomic mass is 35.5. The Bertz CT molecular complexity index is 912. The van der Waals surface area contributed by atoms with Gasteiger partial charge >= 0.3 is 0 Å². The summed E-state index contributed by atoms with van der Waals surface area (Å²) in [7, 11) is 0. The predicted octanol–water partition coefficient (Wildman–Crippen LogP) is 7.41. The van der Waals surface area contributed by atoms with E-state index in [2.05, 4.69) is 4.99 Å². The molecule has 0 atom stereocenters. The third-order valence-corrected chi connectivity index (χ3v) is 4.63. The molecule has 0 amide bonds. The van der Waals surface area contributed by atoms with Gasteiger partial charge in [0.15, 0.2) is 0 Å². The molecular formula is C21H15Cl2NOS. The minimum Gasteiger partial charge on any atom is -0.437 e. The molecule has 5 heteroatoms. The molecule has 0 aliphatic heterocycles. The monoisotopic (exact) mass is 399 g/mol. The highest BCUT2D eigenvalue weighted by Gasteiger charge is 2.06. The first kappa shape index (κ1) is 18.6. The van der Waals surface area contributed by atoms with E-state index in [0.717, 1.165) is 10.6 Å². The molecule has 0 saturated carbocycles. The summed E-state index contributed by atoms with van der Waals surface area (Å²) in [4.78, 5) is 5.68. The Hall–Kier alpha value is -2.20. The molecule has 2 nitrogen and oxygen atoms in total. The first-order chi connectivity index (χ1) is 12.7. The summed E-state index contributed by atoms with van der Waals surface area (Å²) in [5, 5.41) is 2.95. The van der Waals surface area contributed by atoms with Gasteiger partial charge in [0.05, 0.1) is 10.7 Å². The van der Waals surface area contributed by atoms with Crippen LogP contribution in [0.5, 0.6) is 5.75 Å². The van der Waals surface area contributed by atoms with Crippen molar-refractivity contribution in [3.05, 3.63) is 100 Å². The summed E-state index contributed by atoms with van der Waals surface area (Å²) >= 11 is 13.8. The van der Waals surface area contributed by atoms with E-state index in [1.807, 2.05) is 72.1 Å². The fourth-order valence-corrected chi connectivity index (χ4v) is 3.04. The van der Waals surface area contributed by atoms with Gasteiger partial charge in [-0.3, -0.25) is 0 Å². The summed E-state index contributed by atoms with van der Waals surface area (Å²) in [6.45, 7) is 0. The number of rotatable bonds is 5. The van der Waals surface area contributed by atoms with Crippen molar-refractivity contribution in [2.75, 3.05) is 0 Å². The Morgan fingerprint density at radius 3 is 2.31 bits per heavy atom. The minimum absolute atomic E-state index is 0.420. The molecule has 0 saturated heterocycles. The number of hydrogen-bond acceptors (Lipinski definition) is 3. The van der Waals surface area contributed by atoms with Crippen molar-refractivity contribution in [1.82, 2.24) is 0 Å². The average Bonchev–Trinajstić information content (AvgIpc) is 2.66. The molecule has 0 unspecified atom stereocenters. The number of nitrogens with zero attached hydrogens (tertiary/aromatic N) is 1. The molecule has 0 spiro atoms. The lowest BCUT2D eigenvalue weighted by atomic mass is 10.3. The van der Waals surface area contributed by atoms with Gasteiger partial charge in [-0.05, 0) is 41.8 Å². The van der Waals surface area contributed by atoms with Gasteiger partial charge < -0.3 is 4.74 Å². The van der Waals surface area contributed by atoms with E-state index in [1.165, 1.54) is 0 Å². The van der Waals surface area contributed by atoms with Crippen LogP contribution in [0.15, 0.2) is 100 Å². The Labute approximate surface area is 167 Å². The molecule has 0 radical (unpaired) electrons. The number of thioether (sulfide) groups is 1. The van der Waals surface area contributed by atoms with E-state index in [9.17, 15) is 0 Å². The lowest BCUT2D eigenvalue weighted by Gasteiger charge is -2.08. The minimum atomic E-state index is 0.420. The molecule has 0 bridgehead atoms. The smallest absolute Gasteiger partial charge is 0.220 e. The van der Waals surface area contributed by atoms with E-state index < -0.39 is 0 Å². The quantitative estimate of drug-likeness (QED) is 0.253. The molecule has 3 rings (SSSR count). The van der Waals surface area contributed by atoms with E-state index >= 15 is 0 Å². The van der Waals surface area contributed by atoms with Crippen LogP contribution >= 0.6 is 35.0 Å². The van der Waals surface area contributed by atoms with Crippen molar-refractivity contribution >= 4 is 46.5 Å². The third-order valence-electron chi connectivity index (χ3n) is 3.26. The van der Waals surface area contributed by atoms with Gasteiger partial charge in [0, 0.05) is 22.1 Å². The lowest BCUT2D eigenvalue weighted by Crippen LogP contribution is -2.05. The topological polar surface area (TPSA) is 21.6 Å². The van der Waals surface area contributed by atoms with Crippen LogP contribution in [0.25, 0.3) is 0 Å². The van der Waals surface area contributed by atoms with Crippen molar-refractivity contribution in [1.29, 1.82) is 0 Å². The summed E-state index contributed by atoms with van der Waals surface area (Å²) in [5.74, 6) is 0.881. The van der Waals surface area contributed by atoms with Gasteiger partial charge in [-0.2, -0.15) is 0 Å². The van der Waals surface area contributed by atoms with Crippen LogP contribution in [0.2, 0.25) is 10.0 Å². The second-order valence-corrected chi connectivity index (χ2v) is 7.02. The number of aliphatic imine (C=N–C) groups is 1. The van der Waals surface area contributed by atoms with E-state index in [4.69, 9.17) is 27.9 Å². The van der Waals surface area contributed by atoms with Crippen molar-refractivity contribution in [3.8, 4) is 5.75 Å². The van der Waals surface area contributed by atoms with Crippen LogP contribution in [0.3, 0.4) is 0 Å². The normalized spacial score (nSPS) is 11.7. The van der Waals surface area contributed by atoms with E-state index in [1.54, 1.807) is 30.0 Å². The number of ether oxygens (including phenoxy) is 1. The molecule has 3 aromatic carbocycles. The van der Waals surface area contributed by atoms with Crippen molar-refractivity contribution in [3.63, 3.8) is 0 Å². The summed E-state index contributed by atoms with van der Waals surface area (Å²) in [5.41, 5.74) is 0.787. The van der Waals surface area contributed by atoms with Gasteiger partial charge in [0.1, 0.15) is 5.75 Å². The first-order valence-electron chi connectivity index (χ1n) is 7.85. The van der Waals surface area contributed by atoms with Crippen molar-refractivity contribution in [2.45, 2.75) is 4.90 Å². The predicted molar refractivity (Wildman–Crippen MR) is 112 cm³/mol. The zero-order chi connectivity index (χ0) is 18.2. The molecule has 130 valence electrons. The van der Waals surface area contributed by atoms with E-state index in [-0.39, 0.29) is 0 Å². The fraction of sp³-hybridized carbons (Fsp3) is 0. The van der Waals surface area contributed by atoms with Crippen LogP contribution in [-0.4, -0.2) is 5.90 Å². The number of halogens is 2. The molecule has 0 heterocycles.